The number of halogens is 1. The maximum absolute atomic E-state index is 12.7. The monoisotopic (exact) mass is 244 g/mol. The van der Waals surface area contributed by atoms with Crippen LogP contribution < -0.4 is 5.32 Å². The zero-order valence-electron chi connectivity index (χ0n) is 10.0. The summed E-state index contributed by atoms with van der Waals surface area (Å²) < 4.78 is 14.6. The molecule has 0 spiro atoms. The van der Waals surface area contributed by atoms with Crippen molar-refractivity contribution < 1.29 is 4.39 Å². The average molecular weight is 244 g/mol. The Hall–Kier alpha value is -2.43. The molecule has 0 fully saturated rings. The molecule has 5 heteroatoms. The number of imidazole rings is 1. The zero-order valence-corrected chi connectivity index (χ0v) is 10.0. The quantitative estimate of drug-likeness (QED) is 0.899. The number of rotatable bonds is 4. The highest BCUT2D eigenvalue weighted by Gasteiger charge is 2.10. The standard InChI is InChI=1S/C13H13FN4/c1-4-10-11(5-2)18(3)13(16-10)17-12-7-6-9(14)8-15-12/h4-8H,1-2H2,3H3,(H,15,16,17). The molecule has 0 amide bonds. The smallest absolute Gasteiger partial charge is 0.209 e. The maximum Gasteiger partial charge on any atom is 0.209 e. The van der Waals surface area contributed by atoms with Gasteiger partial charge in [0.25, 0.3) is 0 Å². The minimum atomic E-state index is -0.376. The minimum Gasteiger partial charge on any atom is -0.313 e. The van der Waals surface area contributed by atoms with Crippen molar-refractivity contribution in [2.75, 3.05) is 5.32 Å². The molecule has 0 aliphatic carbocycles. The van der Waals surface area contributed by atoms with Gasteiger partial charge >= 0.3 is 0 Å². The van der Waals surface area contributed by atoms with Gasteiger partial charge in [-0.25, -0.2) is 14.4 Å². The summed E-state index contributed by atoms with van der Waals surface area (Å²) in [5.74, 6) is 0.744. The molecule has 0 bridgehead atoms. The molecule has 18 heavy (non-hydrogen) atoms. The van der Waals surface area contributed by atoms with Crippen molar-refractivity contribution in [3.05, 3.63) is 48.7 Å². The molecule has 2 aromatic heterocycles. The molecule has 0 unspecified atom stereocenters. The van der Waals surface area contributed by atoms with E-state index in [9.17, 15) is 4.39 Å². The van der Waals surface area contributed by atoms with Gasteiger partial charge in [0.05, 0.1) is 17.6 Å². The van der Waals surface area contributed by atoms with Gasteiger partial charge in [0.15, 0.2) is 0 Å². The SMILES string of the molecule is C=Cc1nc(Nc2ccc(F)cn2)n(C)c1C=C. The number of hydrogen-bond acceptors (Lipinski definition) is 3. The van der Waals surface area contributed by atoms with E-state index in [1.807, 2.05) is 11.6 Å². The molecule has 2 heterocycles. The van der Waals surface area contributed by atoms with Crippen molar-refractivity contribution in [3.63, 3.8) is 0 Å². The molecule has 0 aromatic carbocycles. The van der Waals surface area contributed by atoms with E-state index in [-0.39, 0.29) is 5.82 Å². The van der Waals surface area contributed by atoms with Gasteiger partial charge < -0.3 is 9.88 Å². The summed E-state index contributed by atoms with van der Waals surface area (Å²) in [7, 11) is 1.85. The zero-order chi connectivity index (χ0) is 13.1. The van der Waals surface area contributed by atoms with E-state index in [4.69, 9.17) is 0 Å². The fraction of sp³-hybridized carbons (Fsp3) is 0.0769. The van der Waals surface area contributed by atoms with Crippen LogP contribution in [-0.4, -0.2) is 14.5 Å². The summed E-state index contributed by atoms with van der Waals surface area (Å²) in [4.78, 5) is 8.26. The molecular weight excluding hydrogens is 231 g/mol. The van der Waals surface area contributed by atoms with Crippen molar-refractivity contribution in [2.24, 2.45) is 7.05 Å². The summed E-state index contributed by atoms with van der Waals surface area (Å²) >= 11 is 0. The van der Waals surface area contributed by atoms with E-state index in [0.717, 1.165) is 17.6 Å². The third kappa shape index (κ3) is 2.15. The van der Waals surface area contributed by atoms with E-state index in [1.54, 1.807) is 18.2 Å². The summed E-state index contributed by atoms with van der Waals surface area (Å²) in [5, 5.41) is 3.01. The predicted octanol–water partition coefficient (Wildman–Crippen LogP) is 2.98. The van der Waals surface area contributed by atoms with E-state index < -0.39 is 0 Å². The summed E-state index contributed by atoms with van der Waals surface area (Å²) in [6.45, 7) is 7.43. The fourth-order valence-electron chi connectivity index (χ4n) is 1.60. The Kier molecular flexibility index (Phi) is 3.23. The van der Waals surface area contributed by atoms with Crippen molar-refractivity contribution in [1.82, 2.24) is 14.5 Å². The van der Waals surface area contributed by atoms with Gasteiger partial charge in [-0.2, -0.15) is 0 Å². The first-order chi connectivity index (χ1) is 8.65. The van der Waals surface area contributed by atoms with Crippen LogP contribution >= 0.6 is 0 Å². The van der Waals surface area contributed by atoms with Crippen LogP contribution in [0.3, 0.4) is 0 Å². The van der Waals surface area contributed by atoms with Gasteiger partial charge in [-0.15, -0.1) is 0 Å². The van der Waals surface area contributed by atoms with Crippen LogP contribution in [0.2, 0.25) is 0 Å². The molecular formula is C13H13FN4. The molecule has 0 saturated carbocycles. The Morgan fingerprint density at radius 1 is 1.33 bits per heavy atom. The Labute approximate surface area is 105 Å². The minimum absolute atomic E-state index is 0.376. The fourth-order valence-corrected chi connectivity index (χ4v) is 1.60. The Balaban J connectivity index is 2.34. The lowest BCUT2D eigenvalue weighted by molar-refractivity contribution is 0.622. The maximum atomic E-state index is 12.7. The third-order valence-electron chi connectivity index (χ3n) is 2.52. The molecule has 0 aliphatic heterocycles. The second-order valence-corrected chi connectivity index (χ2v) is 3.66. The Morgan fingerprint density at radius 2 is 2.11 bits per heavy atom. The predicted molar refractivity (Wildman–Crippen MR) is 70.9 cm³/mol. The summed E-state index contributed by atoms with van der Waals surface area (Å²) in [5.41, 5.74) is 1.59. The van der Waals surface area contributed by atoms with E-state index in [2.05, 4.69) is 28.4 Å². The van der Waals surface area contributed by atoms with Crippen LogP contribution in [-0.2, 0) is 7.05 Å². The molecule has 0 radical (unpaired) electrons. The van der Waals surface area contributed by atoms with Crippen LogP contribution in [0.4, 0.5) is 16.2 Å². The highest BCUT2D eigenvalue weighted by Crippen LogP contribution is 2.19. The lowest BCUT2D eigenvalue weighted by Crippen LogP contribution is -2.01. The van der Waals surface area contributed by atoms with Gasteiger partial charge in [-0.1, -0.05) is 13.2 Å². The van der Waals surface area contributed by atoms with Crippen molar-refractivity contribution in [2.45, 2.75) is 0 Å². The number of aromatic nitrogens is 3. The van der Waals surface area contributed by atoms with E-state index in [0.29, 0.717) is 11.8 Å². The van der Waals surface area contributed by atoms with Crippen LogP contribution in [0, 0.1) is 5.82 Å². The Morgan fingerprint density at radius 3 is 2.61 bits per heavy atom. The number of nitrogens with zero attached hydrogens (tertiary/aromatic N) is 3. The average Bonchev–Trinajstić information content (AvgIpc) is 2.68. The van der Waals surface area contributed by atoms with Crippen LogP contribution in [0.15, 0.2) is 31.5 Å². The first-order valence-corrected chi connectivity index (χ1v) is 5.36. The summed E-state index contributed by atoms with van der Waals surface area (Å²) in [6.07, 6.45) is 4.50. The number of hydrogen-bond donors (Lipinski definition) is 1. The number of anilines is 2. The van der Waals surface area contributed by atoms with Gasteiger partial charge in [0.1, 0.15) is 11.6 Å². The van der Waals surface area contributed by atoms with Gasteiger partial charge in [0.2, 0.25) is 5.95 Å². The van der Waals surface area contributed by atoms with E-state index >= 15 is 0 Å². The van der Waals surface area contributed by atoms with Crippen LogP contribution in [0.25, 0.3) is 12.2 Å². The second kappa shape index (κ2) is 4.83. The van der Waals surface area contributed by atoms with Gasteiger partial charge in [-0.3, -0.25) is 0 Å². The lowest BCUT2D eigenvalue weighted by atomic mass is 10.3. The second-order valence-electron chi connectivity index (χ2n) is 3.66. The van der Waals surface area contributed by atoms with Crippen LogP contribution in [0.1, 0.15) is 11.4 Å². The molecule has 92 valence electrons. The molecule has 2 aromatic rings. The topological polar surface area (TPSA) is 42.7 Å². The van der Waals surface area contributed by atoms with Crippen LogP contribution in [0.5, 0.6) is 0 Å². The first kappa shape index (κ1) is 12.0. The molecule has 0 saturated heterocycles. The molecule has 4 nitrogen and oxygen atoms in total. The molecule has 2 rings (SSSR count). The Bertz CT molecular complexity index is 584. The summed E-state index contributed by atoms with van der Waals surface area (Å²) in [6, 6.07) is 2.88. The number of pyridine rings is 1. The van der Waals surface area contributed by atoms with E-state index in [1.165, 1.54) is 6.07 Å². The third-order valence-corrected chi connectivity index (χ3v) is 2.52. The molecule has 1 N–H and O–H groups in total. The van der Waals surface area contributed by atoms with Gasteiger partial charge in [0, 0.05) is 7.05 Å². The van der Waals surface area contributed by atoms with Gasteiger partial charge in [-0.05, 0) is 24.3 Å². The highest BCUT2D eigenvalue weighted by atomic mass is 19.1. The normalized spacial score (nSPS) is 10.1. The first-order valence-electron chi connectivity index (χ1n) is 5.36. The molecule has 0 aliphatic rings. The molecule has 0 atom stereocenters. The van der Waals surface area contributed by atoms with Crippen molar-refractivity contribution in [1.29, 1.82) is 0 Å². The number of nitrogens with one attached hydrogen (secondary N) is 1. The van der Waals surface area contributed by atoms with Crippen molar-refractivity contribution >= 4 is 23.9 Å². The lowest BCUT2D eigenvalue weighted by Gasteiger charge is -2.05. The highest BCUT2D eigenvalue weighted by molar-refractivity contribution is 5.63. The van der Waals surface area contributed by atoms with Crippen molar-refractivity contribution in [3.8, 4) is 0 Å². The largest absolute Gasteiger partial charge is 0.313 e.